The second-order valence-electron chi connectivity index (χ2n) is 8.09. The molecule has 2 fully saturated rings. The number of likely N-dealkylation sites (tertiary alicyclic amines) is 1. The molecule has 1 aromatic rings. The molecule has 0 spiro atoms. The van der Waals surface area contributed by atoms with E-state index in [2.05, 4.69) is 29.0 Å². The van der Waals surface area contributed by atoms with Crippen molar-refractivity contribution in [3.63, 3.8) is 0 Å². The van der Waals surface area contributed by atoms with Crippen LogP contribution >= 0.6 is 0 Å². The van der Waals surface area contributed by atoms with Gasteiger partial charge < -0.3 is 24.5 Å². The van der Waals surface area contributed by atoms with Gasteiger partial charge in [0.2, 0.25) is 0 Å². The maximum Gasteiger partial charge on any atom is 0.253 e. The number of piperidine rings is 1. The normalized spacial score (nSPS) is 27.0. The molecule has 2 saturated heterocycles. The van der Waals surface area contributed by atoms with Gasteiger partial charge in [-0.3, -0.25) is 4.79 Å². The van der Waals surface area contributed by atoms with Gasteiger partial charge in [0.15, 0.2) is 0 Å². The Morgan fingerprint density at radius 2 is 1.85 bits per heavy atom. The maximum atomic E-state index is 12.9. The molecule has 6 heteroatoms. The van der Waals surface area contributed by atoms with Crippen molar-refractivity contribution in [3.05, 3.63) is 29.8 Å². The lowest BCUT2D eigenvalue weighted by molar-refractivity contribution is -0.0750. The molecule has 6 nitrogen and oxygen atoms in total. The van der Waals surface area contributed by atoms with Gasteiger partial charge in [-0.2, -0.15) is 0 Å². The van der Waals surface area contributed by atoms with E-state index in [0.717, 1.165) is 31.7 Å². The summed E-state index contributed by atoms with van der Waals surface area (Å²) in [4.78, 5) is 19.5. The number of aliphatic hydroxyl groups is 1. The first-order chi connectivity index (χ1) is 12.9. The van der Waals surface area contributed by atoms with E-state index < -0.39 is 5.60 Å². The highest BCUT2D eigenvalue weighted by molar-refractivity contribution is 5.94. The Morgan fingerprint density at radius 1 is 1.19 bits per heavy atom. The number of rotatable bonds is 5. The van der Waals surface area contributed by atoms with Crippen LogP contribution < -0.4 is 4.90 Å². The van der Waals surface area contributed by atoms with Gasteiger partial charge in [0.05, 0.1) is 5.60 Å². The lowest BCUT2D eigenvalue weighted by atomic mass is 9.79. The molecule has 0 unspecified atom stereocenters. The van der Waals surface area contributed by atoms with Crippen molar-refractivity contribution in [1.82, 2.24) is 9.80 Å². The predicted molar refractivity (Wildman–Crippen MR) is 107 cm³/mol. The van der Waals surface area contributed by atoms with E-state index in [-0.39, 0.29) is 11.8 Å². The average Bonchev–Trinajstić information content (AvgIpc) is 2.69. The Kier molecular flexibility index (Phi) is 6.40. The molecular formula is C21H33N3O3. The minimum atomic E-state index is -0.738. The number of amides is 1. The van der Waals surface area contributed by atoms with Crippen LogP contribution in [0.2, 0.25) is 0 Å². The van der Waals surface area contributed by atoms with Crippen LogP contribution in [0.4, 0.5) is 5.69 Å². The fourth-order valence-corrected chi connectivity index (χ4v) is 4.06. The highest BCUT2D eigenvalue weighted by Gasteiger charge is 2.39. The minimum Gasteiger partial charge on any atom is -0.389 e. The summed E-state index contributed by atoms with van der Waals surface area (Å²) in [6.07, 6.45) is 1.22. The van der Waals surface area contributed by atoms with Crippen LogP contribution in [0.1, 0.15) is 30.1 Å². The third-order valence-electron chi connectivity index (χ3n) is 6.24. The van der Waals surface area contributed by atoms with E-state index in [0.29, 0.717) is 32.5 Å². The van der Waals surface area contributed by atoms with Crippen LogP contribution in [-0.4, -0.2) is 86.4 Å². The number of anilines is 1. The Morgan fingerprint density at radius 3 is 2.44 bits per heavy atom. The van der Waals surface area contributed by atoms with Crippen molar-refractivity contribution in [1.29, 1.82) is 0 Å². The molecule has 1 aromatic carbocycles. The molecule has 2 atom stereocenters. The summed E-state index contributed by atoms with van der Waals surface area (Å²) in [5, 5.41) is 10.8. The molecule has 2 heterocycles. The van der Waals surface area contributed by atoms with Crippen LogP contribution in [0.3, 0.4) is 0 Å². The number of ether oxygens (including phenoxy) is 1. The zero-order valence-electron chi connectivity index (χ0n) is 16.9. The van der Waals surface area contributed by atoms with Crippen LogP contribution in [-0.2, 0) is 4.74 Å². The summed E-state index contributed by atoms with van der Waals surface area (Å²) in [5.74, 6) is 0.0931. The van der Waals surface area contributed by atoms with E-state index in [1.165, 1.54) is 5.69 Å². The Balaban J connectivity index is 1.60. The standard InChI is InChI=1S/C21H33N3O3/c1-17-16-24(10-8-21(17,26)9-15-27-3)20(25)18-4-6-19(7-5-18)23-13-11-22(2)12-14-23/h4-7,17,26H,8-16H2,1-3H3/t17-,21-/m1/s1. The number of benzene rings is 1. The first kappa shape index (κ1) is 20.1. The molecule has 0 aliphatic carbocycles. The average molecular weight is 376 g/mol. The molecule has 2 aliphatic heterocycles. The van der Waals surface area contributed by atoms with Crippen molar-refractivity contribution in [2.75, 3.05) is 64.9 Å². The molecule has 2 aliphatic rings. The van der Waals surface area contributed by atoms with Crippen molar-refractivity contribution in [3.8, 4) is 0 Å². The molecule has 0 saturated carbocycles. The molecular weight excluding hydrogens is 342 g/mol. The van der Waals surface area contributed by atoms with E-state index in [1.807, 2.05) is 24.0 Å². The van der Waals surface area contributed by atoms with Gasteiger partial charge in [0, 0.05) is 70.2 Å². The zero-order valence-corrected chi connectivity index (χ0v) is 16.9. The molecule has 0 bridgehead atoms. The number of likely N-dealkylation sites (N-methyl/N-ethyl adjacent to an activating group) is 1. The van der Waals surface area contributed by atoms with E-state index in [9.17, 15) is 9.90 Å². The Bertz CT molecular complexity index is 628. The maximum absolute atomic E-state index is 12.9. The molecule has 27 heavy (non-hydrogen) atoms. The van der Waals surface area contributed by atoms with Gasteiger partial charge >= 0.3 is 0 Å². The number of piperazine rings is 1. The van der Waals surface area contributed by atoms with Crippen LogP contribution in [0, 0.1) is 5.92 Å². The molecule has 1 amide bonds. The van der Waals surface area contributed by atoms with Crippen LogP contribution in [0.25, 0.3) is 0 Å². The van der Waals surface area contributed by atoms with Crippen molar-refractivity contribution in [2.45, 2.75) is 25.4 Å². The molecule has 0 aromatic heterocycles. The van der Waals surface area contributed by atoms with Crippen molar-refractivity contribution < 1.29 is 14.6 Å². The summed E-state index contributed by atoms with van der Waals surface area (Å²) >= 11 is 0. The second-order valence-corrected chi connectivity index (χ2v) is 8.09. The van der Waals surface area contributed by atoms with Crippen LogP contribution in [0.15, 0.2) is 24.3 Å². The quantitative estimate of drug-likeness (QED) is 0.849. The first-order valence-corrected chi connectivity index (χ1v) is 9.97. The Hall–Kier alpha value is -1.63. The minimum absolute atomic E-state index is 0.0370. The topological polar surface area (TPSA) is 56.3 Å². The monoisotopic (exact) mass is 375 g/mol. The highest BCUT2D eigenvalue weighted by Crippen LogP contribution is 2.31. The second kappa shape index (κ2) is 8.59. The molecule has 0 radical (unpaired) electrons. The number of hydrogen-bond acceptors (Lipinski definition) is 5. The summed E-state index contributed by atoms with van der Waals surface area (Å²) in [6, 6.07) is 7.99. The third-order valence-corrected chi connectivity index (χ3v) is 6.24. The van der Waals surface area contributed by atoms with Crippen molar-refractivity contribution >= 4 is 11.6 Å². The summed E-state index contributed by atoms with van der Waals surface area (Å²) in [5.41, 5.74) is 1.17. The molecule has 1 N–H and O–H groups in total. The van der Waals surface area contributed by atoms with Gasteiger partial charge in [0.1, 0.15) is 0 Å². The van der Waals surface area contributed by atoms with Gasteiger partial charge in [-0.1, -0.05) is 6.92 Å². The van der Waals surface area contributed by atoms with E-state index >= 15 is 0 Å². The summed E-state index contributed by atoms with van der Waals surface area (Å²) < 4.78 is 5.12. The Labute approximate surface area is 162 Å². The summed E-state index contributed by atoms with van der Waals surface area (Å²) in [7, 11) is 3.80. The fraction of sp³-hybridized carbons (Fsp3) is 0.667. The number of carbonyl (C=O) groups excluding carboxylic acids is 1. The van der Waals surface area contributed by atoms with Crippen molar-refractivity contribution in [2.24, 2.45) is 5.92 Å². The predicted octanol–water partition coefficient (Wildman–Crippen LogP) is 1.69. The third kappa shape index (κ3) is 4.62. The molecule has 3 rings (SSSR count). The van der Waals surface area contributed by atoms with Crippen LogP contribution in [0.5, 0.6) is 0 Å². The smallest absolute Gasteiger partial charge is 0.253 e. The highest BCUT2D eigenvalue weighted by atomic mass is 16.5. The number of nitrogens with zero attached hydrogens (tertiary/aromatic N) is 3. The van der Waals surface area contributed by atoms with Gasteiger partial charge in [-0.05, 0) is 44.2 Å². The van der Waals surface area contributed by atoms with Gasteiger partial charge in [-0.15, -0.1) is 0 Å². The van der Waals surface area contributed by atoms with Gasteiger partial charge in [0.25, 0.3) is 5.91 Å². The number of hydrogen-bond donors (Lipinski definition) is 1. The number of methoxy groups -OCH3 is 1. The van der Waals surface area contributed by atoms with Gasteiger partial charge in [-0.25, -0.2) is 0 Å². The number of carbonyl (C=O) groups is 1. The summed E-state index contributed by atoms with van der Waals surface area (Å²) in [6.45, 7) is 7.91. The SMILES string of the molecule is COCC[C@]1(O)CCN(C(=O)c2ccc(N3CCN(C)CC3)cc2)C[C@H]1C. The molecule has 150 valence electrons. The lowest BCUT2D eigenvalue weighted by Crippen LogP contribution is -2.52. The fourth-order valence-electron chi connectivity index (χ4n) is 4.06. The lowest BCUT2D eigenvalue weighted by Gasteiger charge is -2.43. The largest absolute Gasteiger partial charge is 0.389 e. The zero-order chi connectivity index (χ0) is 19.4. The van der Waals surface area contributed by atoms with E-state index in [1.54, 1.807) is 7.11 Å². The van der Waals surface area contributed by atoms with E-state index in [4.69, 9.17) is 4.74 Å². The first-order valence-electron chi connectivity index (χ1n) is 9.97.